The van der Waals surface area contributed by atoms with Crippen LogP contribution < -0.4 is 20.1 Å². The number of nitrogens with one attached hydrogen (secondary N) is 2. The van der Waals surface area contributed by atoms with Gasteiger partial charge in [0.05, 0.1) is 20.8 Å². The number of anilines is 2. The molecule has 2 N–H and O–H groups in total. The van der Waals surface area contributed by atoms with Crippen LogP contribution in [0.5, 0.6) is 11.5 Å². The topological polar surface area (TPSA) is 59.6 Å². The number of amides is 1. The molecule has 5 heteroatoms. The first-order valence-corrected chi connectivity index (χ1v) is 7.88. The van der Waals surface area contributed by atoms with Gasteiger partial charge in [-0.2, -0.15) is 0 Å². The molecule has 24 heavy (non-hydrogen) atoms. The molecule has 0 spiro atoms. The van der Waals surface area contributed by atoms with E-state index in [0.717, 1.165) is 5.69 Å². The van der Waals surface area contributed by atoms with Crippen molar-refractivity contribution in [3.05, 3.63) is 48.0 Å². The Balaban J connectivity index is 1.93. The number of hydrogen-bond donors (Lipinski definition) is 2. The summed E-state index contributed by atoms with van der Waals surface area (Å²) >= 11 is 0. The van der Waals surface area contributed by atoms with Crippen molar-refractivity contribution in [2.45, 2.75) is 19.8 Å². The summed E-state index contributed by atoms with van der Waals surface area (Å²) in [6.45, 7) is 4.48. The zero-order valence-electron chi connectivity index (χ0n) is 14.6. The Morgan fingerprint density at radius 2 is 1.54 bits per heavy atom. The molecule has 0 bridgehead atoms. The Bertz CT molecular complexity index is 659. The van der Waals surface area contributed by atoms with Crippen molar-refractivity contribution >= 4 is 17.3 Å². The van der Waals surface area contributed by atoms with Crippen LogP contribution in [0.1, 0.15) is 25.3 Å². The maximum absolute atomic E-state index is 12.1. The molecule has 0 aliphatic rings. The minimum atomic E-state index is -0.141. The van der Waals surface area contributed by atoms with Crippen molar-refractivity contribution in [3.63, 3.8) is 0 Å². The van der Waals surface area contributed by atoms with E-state index in [1.165, 1.54) is 5.56 Å². The summed E-state index contributed by atoms with van der Waals surface area (Å²) in [7, 11) is 3.14. The quantitative estimate of drug-likeness (QED) is 0.810. The third-order valence-electron chi connectivity index (χ3n) is 3.67. The van der Waals surface area contributed by atoms with Gasteiger partial charge in [0.15, 0.2) is 0 Å². The largest absolute Gasteiger partial charge is 0.497 e. The van der Waals surface area contributed by atoms with Crippen LogP contribution in [0, 0.1) is 0 Å². The van der Waals surface area contributed by atoms with Crippen LogP contribution in [-0.4, -0.2) is 26.7 Å². The van der Waals surface area contributed by atoms with E-state index in [1.807, 2.05) is 12.1 Å². The van der Waals surface area contributed by atoms with Crippen LogP contribution in [0.25, 0.3) is 0 Å². The molecule has 0 aliphatic carbocycles. The van der Waals surface area contributed by atoms with Crippen LogP contribution in [0.15, 0.2) is 42.5 Å². The predicted molar refractivity (Wildman–Crippen MR) is 97.2 cm³/mol. The Morgan fingerprint density at radius 1 is 0.958 bits per heavy atom. The zero-order valence-corrected chi connectivity index (χ0v) is 14.6. The molecule has 128 valence electrons. The molecule has 0 saturated heterocycles. The third-order valence-corrected chi connectivity index (χ3v) is 3.67. The highest BCUT2D eigenvalue weighted by Gasteiger charge is 2.06. The molecule has 0 saturated carbocycles. The van der Waals surface area contributed by atoms with Crippen molar-refractivity contribution in [3.8, 4) is 11.5 Å². The smallest absolute Gasteiger partial charge is 0.243 e. The number of methoxy groups -OCH3 is 2. The summed E-state index contributed by atoms with van der Waals surface area (Å²) in [5.74, 6) is 1.60. The first-order chi connectivity index (χ1) is 11.5. The van der Waals surface area contributed by atoms with Gasteiger partial charge in [-0.15, -0.1) is 0 Å². The predicted octanol–water partition coefficient (Wildman–Crippen LogP) is 3.88. The molecular formula is C19H24N2O3. The van der Waals surface area contributed by atoms with Crippen LogP contribution in [-0.2, 0) is 4.79 Å². The van der Waals surface area contributed by atoms with Gasteiger partial charge in [-0.1, -0.05) is 26.0 Å². The number of carbonyl (C=O) groups excluding carboxylic acids is 1. The van der Waals surface area contributed by atoms with E-state index >= 15 is 0 Å². The summed E-state index contributed by atoms with van der Waals surface area (Å²) in [4.78, 5) is 12.1. The van der Waals surface area contributed by atoms with Crippen molar-refractivity contribution in [1.82, 2.24) is 0 Å². The van der Waals surface area contributed by atoms with Crippen LogP contribution >= 0.6 is 0 Å². The second kappa shape index (κ2) is 8.24. The van der Waals surface area contributed by atoms with Gasteiger partial charge >= 0.3 is 0 Å². The zero-order chi connectivity index (χ0) is 17.5. The summed E-state index contributed by atoms with van der Waals surface area (Å²) in [5.41, 5.74) is 2.82. The van der Waals surface area contributed by atoms with Crippen molar-refractivity contribution in [1.29, 1.82) is 0 Å². The number of ether oxygens (including phenoxy) is 2. The molecule has 0 radical (unpaired) electrons. The SMILES string of the molecule is COc1cc(NC(=O)CNc2ccc(C(C)C)cc2)cc(OC)c1. The molecule has 2 rings (SSSR count). The lowest BCUT2D eigenvalue weighted by molar-refractivity contribution is -0.114. The van der Waals surface area contributed by atoms with Gasteiger partial charge in [0.25, 0.3) is 0 Å². The van der Waals surface area contributed by atoms with Crippen molar-refractivity contribution < 1.29 is 14.3 Å². The lowest BCUT2D eigenvalue weighted by Crippen LogP contribution is -2.21. The van der Waals surface area contributed by atoms with Gasteiger partial charge in [-0.25, -0.2) is 0 Å². The highest BCUT2D eigenvalue weighted by atomic mass is 16.5. The van der Waals surface area contributed by atoms with Gasteiger partial charge in [-0.05, 0) is 23.6 Å². The van der Waals surface area contributed by atoms with E-state index in [2.05, 4.69) is 36.6 Å². The van der Waals surface area contributed by atoms with Gasteiger partial charge in [0.2, 0.25) is 5.91 Å². The number of carbonyl (C=O) groups is 1. The lowest BCUT2D eigenvalue weighted by atomic mass is 10.0. The molecular weight excluding hydrogens is 304 g/mol. The van der Waals surface area contributed by atoms with E-state index in [4.69, 9.17) is 9.47 Å². The second-order valence-corrected chi connectivity index (χ2v) is 5.78. The minimum absolute atomic E-state index is 0.141. The third kappa shape index (κ3) is 4.91. The monoisotopic (exact) mass is 328 g/mol. The number of benzene rings is 2. The van der Waals surface area contributed by atoms with E-state index < -0.39 is 0 Å². The Hall–Kier alpha value is -2.69. The number of hydrogen-bond acceptors (Lipinski definition) is 4. The normalized spacial score (nSPS) is 10.4. The average Bonchev–Trinajstić information content (AvgIpc) is 2.59. The van der Waals surface area contributed by atoms with Crippen LogP contribution in [0.3, 0.4) is 0 Å². The minimum Gasteiger partial charge on any atom is -0.497 e. The fourth-order valence-electron chi connectivity index (χ4n) is 2.25. The molecule has 2 aromatic rings. The lowest BCUT2D eigenvalue weighted by Gasteiger charge is -2.11. The maximum Gasteiger partial charge on any atom is 0.243 e. The summed E-state index contributed by atoms with van der Waals surface area (Å²) in [6.07, 6.45) is 0. The molecule has 2 aromatic carbocycles. The van der Waals surface area contributed by atoms with Gasteiger partial charge in [0.1, 0.15) is 11.5 Å². The van der Waals surface area contributed by atoms with Gasteiger partial charge in [-0.3, -0.25) is 4.79 Å². The number of rotatable bonds is 7. The fourth-order valence-corrected chi connectivity index (χ4v) is 2.25. The second-order valence-electron chi connectivity index (χ2n) is 5.78. The molecule has 0 fully saturated rings. The van der Waals surface area contributed by atoms with Crippen molar-refractivity contribution in [2.75, 3.05) is 31.4 Å². The molecule has 5 nitrogen and oxygen atoms in total. The highest BCUT2D eigenvalue weighted by Crippen LogP contribution is 2.25. The molecule has 0 unspecified atom stereocenters. The average molecular weight is 328 g/mol. The highest BCUT2D eigenvalue weighted by molar-refractivity contribution is 5.94. The molecule has 0 aliphatic heterocycles. The van der Waals surface area contributed by atoms with Crippen LogP contribution in [0.2, 0.25) is 0 Å². The Kier molecular flexibility index (Phi) is 6.07. The summed E-state index contributed by atoms with van der Waals surface area (Å²) < 4.78 is 10.4. The summed E-state index contributed by atoms with van der Waals surface area (Å²) in [6, 6.07) is 13.4. The standard InChI is InChI=1S/C19H24N2O3/c1-13(2)14-5-7-15(8-6-14)20-12-19(22)21-16-9-17(23-3)11-18(10-16)24-4/h5-11,13,20H,12H2,1-4H3,(H,21,22). The van der Waals surface area contributed by atoms with E-state index in [1.54, 1.807) is 32.4 Å². The summed E-state index contributed by atoms with van der Waals surface area (Å²) in [5, 5.41) is 5.94. The van der Waals surface area contributed by atoms with E-state index in [0.29, 0.717) is 23.1 Å². The van der Waals surface area contributed by atoms with E-state index in [9.17, 15) is 4.79 Å². The van der Waals surface area contributed by atoms with Gasteiger partial charge < -0.3 is 20.1 Å². The first-order valence-electron chi connectivity index (χ1n) is 7.88. The Morgan fingerprint density at radius 3 is 2.04 bits per heavy atom. The Labute approximate surface area is 143 Å². The molecule has 0 aromatic heterocycles. The maximum atomic E-state index is 12.1. The molecule has 1 amide bonds. The first kappa shape index (κ1) is 17.7. The molecule has 0 atom stereocenters. The van der Waals surface area contributed by atoms with Crippen molar-refractivity contribution in [2.24, 2.45) is 0 Å². The van der Waals surface area contributed by atoms with Crippen LogP contribution in [0.4, 0.5) is 11.4 Å². The van der Waals surface area contributed by atoms with E-state index in [-0.39, 0.29) is 12.5 Å². The fraction of sp³-hybridized carbons (Fsp3) is 0.316. The molecule has 0 heterocycles. The van der Waals surface area contributed by atoms with Gasteiger partial charge in [0, 0.05) is 29.6 Å².